The third-order valence-electron chi connectivity index (χ3n) is 5.62. The van der Waals surface area contributed by atoms with E-state index >= 15 is 0 Å². The van der Waals surface area contributed by atoms with Gasteiger partial charge in [0.15, 0.2) is 0 Å². The number of nitrogens with zero attached hydrogens (tertiary/aromatic N) is 3. The summed E-state index contributed by atoms with van der Waals surface area (Å²) in [5, 5.41) is 0. The van der Waals surface area contributed by atoms with Crippen molar-refractivity contribution in [1.29, 1.82) is 0 Å². The fourth-order valence-corrected chi connectivity index (χ4v) is 5.43. The average Bonchev–Trinajstić information content (AvgIpc) is 2.66. The first-order valence-corrected chi connectivity index (χ1v) is 10.9. The minimum absolute atomic E-state index is 0.333. The zero-order valence-corrected chi connectivity index (χ0v) is 17.3. The first kappa shape index (κ1) is 19.8. The number of hydrogen-bond donors (Lipinski definition) is 1. The molecule has 1 saturated heterocycles. The number of anilines is 1. The number of aromatic nitrogens is 2. The molecule has 0 unspecified atom stereocenters. The molecule has 0 atom stereocenters. The zero-order chi connectivity index (χ0) is 19.6. The highest BCUT2D eigenvalue weighted by molar-refractivity contribution is 7.89. The van der Waals surface area contributed by atoms with Gasteiger partial charge in [-0.15, -0.1) is 0 Å². The van der Waals surface area contributed by atoms with Crippen molar-refractivity contribution in [2.75, 3.05) is 24.5 Å². The predicted octanol–water partition coefficient (Wildman–Crippen LogP) is 2.91. The van der Waals surface area contributed by atoms with Crippen molar-refractivity contribution in [3.8, 4) is 0 Å². The number of piperidine rings is 1. The van der Waals surface area contributed by atoms with Crippen LogP contribution in [0.3, 0.4) is 0 Å². The second kappa shape index (κ2) is 7.94. The summed E-state index contributed by atoms with van der Waals surface area (Å²) in [6, 6.07) is 2.05. The Bertz CT molecular complexity index is 879. The number of benzene rings is 1. The Labute approximate surface area is 162 Å². The van der Waals surface area contributed by atoms with E-state index in [9.17, 15) is 8.42 Å². The van der Waals surface area contributed by atoms with Gasteiger partial charge >= 0.3 is 0 Å². The van der Waals surface area contributed by atoms with Crippen molar-refractivity contribution in [3.63, 3.8) is 0 Å². The molecule has 1 aromatic carbocycles. The maximum absolute atomic E-state index is 13.0. The molecule has 1 aliphatic heterocycles. The van der Waals surface area contributed by atoms with Crippen LogP contribution in [0, 0.1) is 33.6 Å². The molecule has 0 aliphatic carbocycles. The van der Waals surface area contributed by atoms with Crippen molar-refractivity contribution in [3.05, 3.63) is 46.9 Å². The normalized spacial score (nSPS) is 15.9. The van der Waals surface area contributed by atoms with Gasteiger partial charge in [-0.2, -0.15) is 0 Å². The lowest BCUT2D eigenvalue weighted by Gasteiger charge is -2.32. The van der Waals surface area contributed by atoms with Crippen LogP contribution in [0.1, 0.15) is 35.1 Å². The SMILES string of the molecule is Cc1cc(C)c(C)c(S(=O)(=O)NCC2CCN(c3cnccn3)CC2)c1C. The van der Waals surface area contributed by atoms with Crippen molar-refractivity contribution < 1.29 is 8.42 Å². The largest absolute Gasteiger partial charge is 0.355 e. The third-order valence-corrected chi connectivity index (χ3v) is 7.31. The fraction of sp³-hybridized carbons (Fsp3) is 0.500. The van der Waals surface area contributed by atoms with E-state index in [1.54, 1.807) is 18.6 Å². The van der Waals surface area contributed by atoms with Crippen LogP contribution in [-0.2, 0) is 10.0 Å². The summed E-state index contributed by atoms with van der Waals surface area (Å²) in [5.41, 5.74) is 3.69. The third kappa shape index (κ3) is 4.30. The van der Waals surface area contributed by atoms with Crippen LogP contribution in [0.5, 0.6) is 0 Å². The molecule has 0 radical (unpaired) electrons. The van der Waals surface area contributed by atoms with Gasteiger partial charge < -0.3 is 4.90 Å². The molecule has 2 heterocycles. The van der Waals surface area contributed by atoms with E-state index in [2.05, 4.69) is 19.6 Å². The van der Waals surface area contributed by atoms with Crippen LogP contribution in [0.25, 0.3) is 0 Å². The smallest absolute Gasteiger partial charge is 0.241 e. The maximum atomic E-state index is 13.0. The zero-order valence-electron chi connectivity index (χ0n) is 16.5. The minimum Gasteiger partial charge on any atom is -0.355 e. The molecule has 6 nitrogen and oxygen atoms in total. The summed E-state index contributed by atoms with van der Waals surface area (Å²) >= 11 is 0. The Morgan fingerprint density at radius 1 is 1.07 bits per heavy atom. The molecule has 146 valence electrons. The summed E-state index contributed by atoms with van der Waals surface area (Å²) in [6.45, 7) is 9.90. The van der Waals surface area contributed by atoms with Gasteiger partial charge in [0.05, 0.1) is 11.1 Å². The van der Waals surface area contributed by atoms with Gasteiger partial charge in [-0.3, -0.25) is 4.98 Å². The molecular weight excluding hydrogens is 360 g/mol. The molecule has 0 saturated carbocycles. The molecule has 1 N–H and O–H groups in total. The van der Waals surface area contributed by atoms with Gasteiger partial charge in [0.25, 0.3) is 0 Å². The van der Waals surface area contributed by atoms with Gasteiger partial charge in [0, 0.05) is 32.0 Å². The van der Waals surface area contributed by atoms with Crippen LogP contribution in [-0.4, -0.2) is 38.0 Å². The number of rotatable bonds is 5. The van der Waals surface area contributed by atoms with Gasteiger partial charge in [-0.1, -0.05) is 6.07 Å². The Hall–Kier alpha value is -1.99. The summed E-state index contributed by atoms with van der Waals surface area (Å²) in [4.78, 5) is 11.1. The summed E-state index contributed by atoms with van der Waals surface area (Å²) in [7, 11) is -3.52. The number of sulfonamides is 1. The number of nitrogens with one attached hydrogen (secondary N) is 1. The predicted molar refractivity (Wildman–Crippen MR) is 108 cm³/mol. The second-order valence-corrected chi connectivity index (χ2v) is 9.14. The summed E-state index contributed by atoms with van der Waals surface area (Å²) in [5.74, 6) is 1.22. The van der Waals surface area contributed by atoms with E-state index in [1.807, 2.05) is 33.8 Å². The lowest BCUT2D eigenvalue weighted by atomic mass is 9.97. The van der Waals surface area contributed by atoms with Crippen molar-refractivity contribution in [1.82, 2.24) is 14.7 Å². The summed E-state index contributed by atoms with van der Waals surface area (Å²) in [6.07, 6.45) is 7.01. The van der Waals surface area contributed by atoms with Gasteiger partial charge in [-0.05, 0) is 68.7 Å². The number of hydrogen-bond acceptors (Lipinski definition) is 5. The van der Waals surface area contributed by atoms with E-state index in [0.717, 1.165) is 54.0 Å². The van der Waals surface area contributed by atoms with Crippen LogP contribution in [0.2, 0.25) is 0 Å². The minimum atomic E-state index is -3.52. The number of aryl methyl sites for hydroxylation is 2. The monoisotopic (exact) mass is 388 g/mol. The molecular formula is C20H28N4O2S. The Morgan fingerprint density at radius 3 is 2.26 bits per heavy atom. The topological polar surface area (TPSA) is 75.2 Å². The molecule has 0 bridgehead atoms. The first-order chi connectivity index (χ1) is 12.8. The quantitative estimate of drug-likeness (QED) is 0.852. The molecule has 7 heteroatoms. The Morgan fingerprint density at radius 2 is 1.70 bits per heavy atom. The van der Waals surface area contributed by atoms with Crippen LogP contribution >= 0.6 is 0 Å². The van der Waals surface area contributed by atoms with E-state index < -0.39 is 10.0 Å². The lowest BCUT2D eigenvalue weighted by molar-refractivity contribution is 0.400. The highest BCUT2D eigenvalue weighted by atomic mass is 32.2. The molecule has 27 heavy (non-hydrogen) atoms. The van der Waals surface area contributed by atoms with E-state index in [1.165, 1.54) is 0 Å². The average molecular weight is 389 g/mol. The molecule has 0 spiro atoms. The van der Waals surface area contributed by atoms with Crippen molar-refractivity contribution >= 4 is 15.8 Å². The van der Waals surface area contributed by atoms with Crippen molar-refractivity contribution in [2.24, 2.45) is 5.92 Å². The standard InChI is InChI=1S/C20H28N4O2S/c1-14-11-15(2)17(4)20(16(14)3)27(25,26)23-12-18-5-9-24(10-6-18)19-13-21-7-8-22-19/h7-8,11,13,18,23H,5-6,9-10,12H2,1-4H3. The molecule has 1 aliphatic rings. The second-order valence-electron chi connectivity index (χ2n) is 7.44. The molecule has 0 amide bonds. The van der Waals surface area contributed by atoms with E-state index in [0.29, 0.717) is 17.4 Å². The molecule has 1 aromatic heterocycles. The van der Waals surface area contributed by atoms with Gasteiger partial charge in [-0.25, -0.2) is 18.1 Å². The Kier molecular flexibility index (Phi) is 5.81. The molecule has 2 aromatic rings. The van der Waals surface area contributed by atoms with Gasteiger partial charge in [0.2, 0.25) is 10.0 Å². The molecule has 3 rings (SSSR count). The fourth-order valence-electron chi connectivity index (χ4n) is 3.70. The highest BCUT2D eigenvalue weighted by Gasteiger charge is 2.25. The Balaban J connectivity index is 1.64. The maximum Gasteiger partial charge on any atom is 0.241 e. The molecule has 1 fully saturated rings. The first-order valence-electron chi connectivity index (χ1n) is 9.37. The van der Waals surface area contributed by atoms with E-state index in [4.69, 9.17) is 0 Å². The van der Waals surface area contributed by atoms with Crippen LogP contribution in [0.15, 0.2) is 29.6 Å². The van der Waals surface area contributed by atoms with Crippen molar-refractivity contribution in [2.45, 2.75) is 45.4 Å². The highest BCUT2D eigenvalue weighted by Crippen LogP contribution is 2.27. The lowest BCUT2D eigenvalue weighted by Crippen LogP contribution is -2.39. The van der Waals surface area contributed by atoms with Crippen LogP contribution < -0.4 is 9.62 Å². The van der Waals surface area contributed by atoms with Crippen LogP contribution in [0.4, 0.5) is 5.82 Å². The van der Waals surface area contributed by atoms with Gasteiger partial charge in [0.1, 0.15) is 5.82 Å². The van der Waals surface area contributed by atoms with E-state index in [-0.39, 0.29) is 0 Å². The summed E-state index contributed by atoms with van der Waals surface area (Å²) < 4.78 is 28.8.